The maximum Gasteiger partial charge on any atom is 1.00 e. The van der Waals surface area contributed by atoms with Crippen molar-refractivity contribution in [2.24, 2.45) is 10.2 Å². The van der Waals surface area contributed by atoms with Crippen LogP contribution in [0.1, 0.15) is 22.1 Å². The molecule has 6 heteroatoms. The van der Waals surface area contributed by atoms with Crippen molar-refractivity contribution in [3.8, 4) is 0 Å². The van der Waals surface area contributed by atoms with Crippen LogP contribution in [0.4, 0.5) is 5.69 Å². The zero-order valence-corrected chi connectivity index (χ0v) is 9.60. The second-order valence-electron chi connectivity index (χ2n) is 2.68. The number of hydrogen-bond donors (Lipinski definition) is 1. The second kappa shape index (κ2) is 4.18. The molecule has 14 heavy (non-hydrogen) atoms. The van der Waals surface area contributed by atoms with E-state index in [0.717, 1.165) is 0 Å². The van der Waals surface area contributed by atoms with Crippen LogP contribution in [-0.2, 0) is 0 Å². The van der Waals surface area contributed by atoms with E-state index < -0.39 is 12.1 Å². The molecule has 0 fully saturated rings. The fourth-order valence-electron chi connectivity index (χ4n) is 1.26. The van der Waals surface area contributed by atoms with Crippen LogP contribution in [0.5, 0.6) is 0 Å². The van der Waals surface area contributed by atoms with Gasteiger partial charge in [0.1, 0.15) is 0 Å². The molecule has 2 rings (SSSR count). The SMILES string of the molecule is Nc1cccc2c1C([O-])N=NC2=O.[Na+]. The van der Waals surface area contributed by atoms with Crippen molar-refractivity contribution in [1.82, 2.24) is 0 Å². The Kier molecular flexibility index (Phi) is 3.38. The zero-order valence-electron chi connectivity index (χ0n) is 7.60. The number of carbonyl (C=O) groups is 1. The monoisotopic (exact) mass is 199 g/mol. The Hall–Kier alpha value is -0.750. The minimum absolute atomic E-state index is 0. The first-order chi connectivity index (χ1) is 6.20. The van der Waals surface area contributed by atoms with Gasteiger partial charge in [-0.2, -0.15) is 5.11 Å². The fraction of sp³-hybridized carbons (Fsp3) is 0.125. The number of amides is 1. The molecule has 1 aliphatic rings. The van der Waals surface area contributed by atoms with Crippen molar-refractivity contribution in [3.05, 3.63) is 29.3 Å². The number of fused-ring (bicyclic) bond motifs is 1. The maximum absolute atomic E-state index is 11.2. The van der Waals surface area contributed by atoms with Crippen LogP contribution in [0.2, 0.25) is 0 Å². The molecule has 0 bridgehead atoms. The van der Waals surface area contributed by atoms with E-state index in [1.807, 2.05) is 0 Å². The summed E-state index contributed by atoms with van der Waals surface area (Å²) in [6, 6.07) is 4.70. The van der Waals surface area contributed by atoms with Crippen molar-refractivity contribution < 1.29 is 39.5 Å². The summed E-state index contributed by atoms with van der Waals surface area (Å²) in [5, 5.41) is 17.7. The minimum atomic E-state index is -1.37. The summed E-state index contributed by atoms with van der Waals surface area (Å²) >= 11 is 0. The largest absolute Gasteiger partial charge is 1.00 e. The molecule has 1 atom stereocenters. The van der Waals surface area contributed by atoms with Gasteiger partial charge in [0.15, 0.2) is 0 Å². The summed E-state index contributed by atoms with van der Waals surface area (Å²) in [5.74, 6) is -0.505. The van der Waals surface area contributed by atoms with Crippen LogP contribution < -0.4 is 40.4 Å². The van der Waals surface area contributed by atoms with Crippen LogP contribution >= 0.6 is 0 Å². The quantitative estimate of drug-likeness (QED) is 0.362. The Morgan fingerprint density at radius 2 is 2.14 bits per heavy atom. The van der Waals surface area contributed by atoms with Gasteiger partial charge in [0, 0.05) is 17.5 Å². The number of nitrogens with two attached hydrogens (primary N) is 1. The van der Waals surface area contributed by atoms with Crippen LogP contribution in [0.25, 0.3) is 0 Å². The summed E-state index contributed by atoms with van der Waals surface area (Å²) in [4.78, 5) is 11.1. The summed E-state index contributed by atoms with van der Waals surface area (Å²) in [5.41, 5.74) is 6.33. The van der Waals surface area contributed by atoms with Gasteiger partial charge >= 0.3 is 29.6 Å². The molecule has 0 saturated carbocycles. The standard InChI is InChI=1S/C8H6N3O2.Na/c9-5-3-1-2-4-6(5)8(13)11-10-7(4)12;/h1-3,8H,9H2;/q-1;+1. The maximum atomic E-state index is 11.2. The number of carbonyl (C=O) groups excluding carboxylic acids is 1. The van der Waals surface area contributed by atoms with E-state index in [2.05, 4.69) is 10.2 Å². The number of nitrogen functional groups attached to an aromatic ring is 1. The first kappa shape index (κ1) is 11.3. The van der Waals surface area contributed by atoms with E-state index >= 15 is 0 Å². The van der Waals surface area contributed by atoms with Crippen LogP contribution in [0, 0.1) is 0 Å². The molecule has 1 aliphatic heterocycles. The normalized spacial score (nSPS) is 18.6. The van der Waals surface area contributed by atoms with E-state index in [1.54, 1.807) is 12.1 Å². The topological polar surface area (TPSA) is 90.9 Å². The number of azo groups is 1. The van der Waals surface area contributed by atoms with E-state index in [1.165, 1.54) is 6.07 Å². The van der Waals surface area contributed by atoms with Gasteiger partial charge in [-0.25, -0.2) is 0 Å². The minimum Gasteiger partial charge on any atom is -0.830 e. The van der Waals surface area contributed by atoms with Crippen molar-refractivity contribution in [2.75, 3.05) is 5.73 Å². The van der Waals surface area contributed by atoms with Crippen molar-refractivity contribution in [2.45, 2.75) is 6.23 Å². The summed E-state index contributed by atoms with van der Waals surface area (Å²) in [6.45, 7) is 0. The first-order valence-corrected chi connectivity index (χ1v) is 3.69. The predicted octanol–water partition coefficient (Wildman–Crippen LogP) is -2.76. The van der Waals surface area contributed by atoms with E-state index in [0.29, 0.717) is 5.69 Å². The molecule has 1 amide bonds. The van der Waals surface area contributed by atoms with Crippen molar-refractivity contribution in [1.29, 1.82) is 0 Å². The number of benzene rings is 1. The summed E-state index contributed by atoms with van der Waals surface area (Å²) in [7, 11) is 0. The van der Waals surface area contributed by atoms with E-state index in [-0.39, 0.29) is 40.7 Å². The Labute approximate surface area is 102 Å². The van der Waals surface area contributed by atoms with Gasteiger partial charge in [0.05, 0.1) is 0 Å². The fourth-order valence-corrected chi connectivity index (χ4v) is 1.26. The number of rotatable bonds is 0. The molecule has 0 aliphatic carbocycles. The molecule has 2 N–H and O–H groups in total. The third kappa shape index (κ3) is 1.72. The van der Waals surface area contributed by atoms with Gasteiger partial charge in [0.2, 0.25) is 0 Å². The van der Waals surface area contributed by atoms with Crippen LogP contribution in [0.3, 0.4) is 0 Å². The molecule has 66 valence electrons. The van der Waals surface area contributed by atoms with Gasteiger partial charge in [-0.1, -0.05) is 6.07 Å². The summed E-state index contributed by atoms with van der Waals surface area (Å²) in [6.07, 6.45) is -1.37. The number of hydrogen-bond acceptors (Lipinski definition) is 4. The zero-order chi connectivity index (χ0) is 9.42. The van der Waals surface area contributed by atoms with Crippen molar-refractivity contribution in [3.63, 3.8) is 0 Å². The van der Waals surface area contributed by atoms with Crippen LogP contribution in [0.15, 0.2) is 28.4 Å². The van der Waals surface area contributed by atoms with E-state index in [9.17, 15) is 9.90 Å². The molecule has 1 heterocycles. The first-order valence-electron chi connectivity index (χ1n) is 3.69. The van der Waals surface area contributed by atoms with Gasteiger partial charge in [-0.3, -0.25) is 4.79 Å². The Morgan fingerprint density at radius 3 is 2.79 bits per heavy atom. The second-order valence-corrected chi connectivity index (χ2v) is 2.68. The molecule has 0 aromatic heterocycles. The smallest absolute Gasteiger partial charge is 0.830 e. The molecule has 1 unspecified atom stereocenters. The molecule has 1 aromatic carbocycles. The predicted molar refractivity (Wildman–Crippen MR) is 42.8 cm³/mol. The molecule has 1 aromatic rings. The van der Waals surface area contributed by atoms with Gasteiger partial charge in [-0.15, -0.1) is 5.11 Å². The molecule has 0 saturated heterocycles. The number of anilines is 1. The molecular weight excluding hydrogens is 193 g/mol. The Balaban J connectivity index is 0.000000980. The molecule has 0 radical (unpaired) electrons. The Morgan fingerprint density at radius 1 is 1.43 bits per heavy atom. The van der Waals surface area contributed by atoms with E-state index in [4.69, 9.17) is 5.73 Å². The third-order valence-electron chi connectivity index (χ3n) is 1.87. The average Bonchev–Trinajstić information content (AvgIpc) is 2.12. The molecular formula is C8H6N3NaO2. The number of nitrogens with zero attached hydrogens (tertiary/aromatic N) is 2. The van der Waals surface area contributed by atoms with Crippen molar-refractivity contribution >= 4 is 11.6 Å². The Bertz CT molecular complexity index is 406. The third-order valence-corrected chi connectivity index (χ3v) is 1.87. The van der Waals surface area contributed by atoms with Gasteiger partial charge in [-0.05, 0) is 17.7 Å². The molecule has 0 spiro atoms. The summed E-state index contributed by atoms with van der Waals surface area (Å²) < 4.78 is 0. The van der Waals surface area contributed by atoms with Gasteiger partial charge in [0.25, 0.3) is 5.91 Å². The molecule has 5 nitrogen and oxygen atoms in total. The van der Waals surface area contributed by atoms with Crippen LogP contribution in [-0.4, -0.2) is 5.91 Å². The average molecular weight is 199 g/mol. The van der Waals surface area contributed by atoms with Gasteiger partial charge < -0.3 is 10.8 Å².